The van der Waals surface area contributed by atoms with Gasteiger partial charge in [-0.15, -0.1) is 0 Å². The second-order valence-electron chi connectivity index (χ2n) is 4.73. The zero-order chi connectivity index (χ0) is 15.5. The highest BCUT2D eigenvalue weighted by atomic mass is 31.2. The summed E-state index contributed by atoms with van der Waals surface area (Å²) in [7, 11) is -4.49. The van der Waals surface area contributed by atoms with E-state index in [0.717, 1.165) is 5.56 Å². The first-order chi connectivity index (χ1) is 9.83. The SMILES string of the molecule is O=P(O)(O)N=C1CC=C(O)C=C1CCc1ccc(O)cc1. The first-order valence-corrected chi connectivity index (χ1v) is 7.92. The Morgan fingerprint density at radius 2 is 1.76 bits per heavy atom. The number of hydrogen-bond acceptors (Lipinski definition) is 3. The fourth-order valence-corrected chi connectivity index (χ4v) is 2.60. The third kappa shape index (κ3) is 4.86. The molecule has 0 saturated carbocycles. The number of nitrogens with zero attached hydrogens (tertiary/aromatic N) is 1. The van der Waals surface area contributed by atoms with Crippen LogP contribution in [-0.4, -0.2) is 25.7 Å². The standard InChI is InChI=1S/C14H16NO5P/c16-12-5-2-10(3-6-12)1-4-11-9-13(17)7-8-14(11)15-21(18,19)20/h2-3,5-7,9,16-17H,1,4,8H2,(H2,18,19,20). The summed E-state index contributed by atoms with van der Waals surface area (Å²) in [6, 6.07) is 6.70. The second kappa shape index (κ2) is 6.26. The molecule has 0 heterocycles. The third-order valence-electron chi connectivity index (χ3n) is 3.07. The zero-order valence-electron chi connectivity index (χ0n) is 11.2. The topological polar surface area (TPSA) is 110 Å². The molecule has 0 unspecified atom stereocenters. The summed E-state index contributed by atoms with van der Waals surface area (Å²) in [4.78, 5) is 17.9. The van der Waals surface area contributed by atoms with Gasteiger partial charge in [0, 0.05) is 6.42 Å². The summed E-state index contributed by atoms with van der Waals surface area (Å²) in [5, 5.41) is 18.8. The van der Waals surface area contributed by atoms with E-state index < -0.39 is 7.75 Å². The van der Waals surface area contributed by atoms with Crippen molar-refractivity contribution in [2.24, 2.45) is 4.76 Å². The molecular weight excluding hydrogens is 293 g/mol. The molecule has 112 valence electrons. The molecule has 0 spiro atoms. The summed E-state index contributed by atoms with van der Waals surface area (Å²) >= 11 is 0. The van der Waals surface area contributed by atoms with Gasteiger partial charge in [0.15, 0.2) is 0 Å². The summed E-state index contributed by atoms with van der Waals surface area (Å²) < 4.78 is 14.4. The van der Waals surface area contributed by atoms with Crippen molar-refractivity contribution in [3.05, 3.63) is 53.3 Å². The fraction of sp³-hybridized carbons (Fsp3) is 0.214. The van der Waals surface area contributed by atoms with Crippen LogP contribution in [0.25, 0.3) is 0 Å². The average Bonchev–Trinajstić information content (AvgIpc) is 2.39. The van der Waals surface area contributed by atoms with Gasteiger partial charge in [-0.3, -0.25) is 0 Å². The van der Waals surface area contributed by atoms with Crippen molar-refractivity contribution in [3.63, 3.8) is 0 Å². The molecule has 6 nitrogen and oxygen atoms in total. The van der Waals surface area contributed by atoms with Gasteiger partial charge in [0.25, 0.3) is 0 Å². The lowest BCUT2D eigenvalue weighted by atomic mass is 9.95. The normalized spacial score (nSPS) is 17.5. The van der Waals surface area contributed by atoms with Crippen LogP contribution in [0.15, 0.2) is 52.5 Å². The molecule has 1 aliphatic carbocycles. The lowest BCUT2D eigenvalue weighted by Crippen LogP contribution is -2.08. The number of rotatable bonds is 4. The van der Waals surface area contributed by atoms with E-state index in [1.165, 1.54) is 12.2 Å². The summed E-state index contributed by atoms with van der Waals surface area (Å²) in [6.45, 7) is 0. The van der Waals surface area contributed by atoms with E-state index in [2.05, 4.69) is 4.76 Å². The van der Waals surface area contributed by atoms with Crippen LogP contribution in [0.5, 0.6) is 5.75 Å². The maximum absolute atomic E-state index is 11.0. The Morgan fingerprint density at radius 3 is 2.38 bits per heavy atom. The predicted molar refractivity (Wildman–Crippen MR) is 79.3 cm³/mol. The highest BCUT2D eigenvalue weighted by Crippen LogP contribution is 2.38. The van der Waals surface area contributed by atoms with Crippen LogP contribution in [0.1, 0.15) is 18.4 Å². The van der Waals surface area contributed by atoms with E-state index in [4.69, 9.17) is 9.79 Å². The number of hydrogen-bond donors (Lipinski definition) is 4. The van der Waals surface area contributed by atoms with E-state index >= 15 is 0 Å². The monoisotopic (exact) mass is 309 g/mol. The van der Waals surface area contributed by atoms with Crippen molar-refractivity contribution in [1.29, 1.82) is 0 Å². The molecule has 1 aromatic rings. The van der Waals surface area contributed by atoms with Crippen molar-refractivity contribution in [2.75, 3.05) is 0 Å². The van der Waals surface area contributed by atoms with Gasteiger partial charge >= 0.3 is 7.75 Å². The predicted octanol–water partition coefficient (Wildman–Crippen LogP) is 2.63. The maximum atomic E-state index is 11.0. The molecule has 0 radical (unpaired) electrons. The smallest absolute Gasteiger partial charge is 0.448 e. The Kier molecular flexibility index (Phi) is 4.63. The van der Waals surface area contributed by atoms with Gasteiger partial charge in [-0.2, -0.15) is 4.76 Å². The minimum atomic E-state index is -4.49. The Bertz CT molecular complexity index is 654. The van der Waals surface area contributed by atoms with Gasteiger partial charge in [0.05, 0.1) is 5.71 Å². The van der Waals surface area contributed by atoms with Crippen LogP contribution < -0.4 is 0 Å². The summed E-state index contributed by atoms with van der Waals surface area (Å²) in [5.74, 6) is 0.250. The van der Waals surface area contributed by atoms with Gasteiger partial charge < -0.3 is 20.0 Å². The lowest BCUT2D eigenvalue weighted by Gasteiger charge is -2.14. The molecule has 2 rings (SSSR count). The Balaban J connectivity index is 2.14. The Morgan fingerprint density at radius 1 is 1.10 bits per heavy atom. The average molecular weight is 309 g/mol. The molecule has 0 bridgehead atoms. The molecule has 1 aromatic carbocycles. The van der Waals surface area contributed by atoms with Crippen LogP contribution in [0, 0.1) is 0 Å². The molecule has 0 aliphatic heterocycles. The molecule has 7 heteroatoms. The number of aliphatic hydroxyl groups excluding tert-OH is 1. The van der Waals surface area contributed by atoms with Crippen molar-refractivity contribution in [1.82, 2.24) is 0 Å². The Labute approximate surface area is 122 Å². The van der Waals surface area contributed by atoms with Gasteiger partial charge in [0.2, 0.25) is 0 Å². The molecular formula is C14H16NO5P. The second-order valence-corrected chi connectivity index (χ2v) is 5.96. The number of phenols is 1. The van der Waals surface area contributed by atoms with Crippen LogP contribution in [-0.2, 0) is 11.0 Å². The van der Waals surface area contributed by atoms with Gasteiger partial charge in [-0.25, -0.2) is 4.57 Å². The minimum Gasteiger partial charge on any atom is -0.508 e. The first-order valence-electron chi connectivity index (χ1n) is 6.36. The van der Waals surface area contributed by atoms with Crippen molar-refractivity contribution < 1.29 is 24.6 Å². The van der Waals surface area contributed by atoms with Crippen LogP contribution >= 0.6 is 7.75 Å². The van der Waals surface area contributed by atoms with Gasteiger partial charge in [-0.05, 0) is 48.3 Å². The van der Waals surface area contributed by atoms with Gasteiger partial charge in [-0.1, -0.05) is 12.1 Å². The van der Waals surface area contributed by atoms with E-state index in [9.17, 15) is 14.8 Å². The molecule has 0 amide bonds. The summed E-state index contributed by atoms with van der Waals surface area (Å²) in [5.41, 5.74) is 1.87. The molecule has 4 N–H and O–H groups in total. The quantitative estimate of drug-likeness (QED) is 0.639. The van der Waals surface area contributed by atoms with E-state index in [1.807, 2.05) is 0 Å². The van der Waals surface area contributed by atoms with Gasteiger partial charge in [0.1, 0.15) is 11.5 Å². The van der Waals surface area contributed by atoms with E-state index in [-0.39, 0.29) is 17.9 Å². The van der Waals surface area contributed by atoms with Crippen molar-refractivity contribution in [3.8, 4) is 5.75 Å². The molecule has 21 heavy (non-hydrogen) atoms. The van der Waals surface area contributed by atoms with Crippen molar-refractivity contribution >= 4 is 13.5 Å². The zero-order valence-corrected chi connectivity index (χ0v) is 12.1. The highest BCUT2D eigenvalue weighted by molar-refractivity contribution is 7.50. The molecule has 0 saturated heterocycles. The first kappa shape index (κ1) is 15.5. The van der Waals surface area contributed by atoms with E-state index in [1.54, 1.807) is 24.3 Å². The van der Waals surface area contributed by atoms with Crippen LogP contribution in [0.3, 0.4) is 0 Å². The number of aliphatic hydroxyl groups is 1. The third-order valence-corrected chi connectivity index (χ3v) is 3.57. The molecule has 0 atom stereocenters. The maximum Gasteiger partial charge on any atom is 0.448 e. The van der Waals surface area contributed by atoms with E-state index in [0.29, 0.717) is 24.1 Å². The van der Waals surface area contributed by atoms with Crippen LogP contribution in [0.2, 0.25) is 0 Å². The number of aromatic hydroxyl groups is 1. The summed E-state index contributed by atoms with van der Waals surface area (Å²) in [6.07, 6.45) is 4.22. The fourth-order valence-electron chi connectivity index (χ4n) is 2.07. The molecule has 0 aromatic heterocycles. The minimum absolute atomic E-state index is 0.0698. The molecule has 0 fully saturated rings. The number of benzene rings is 1. The largest absolute Gasteiger partial charge is 0.508 e. The van der Waals surface area contributed by atoms with Crippen molar-refractivity contribution in [2.45, 2.75) is 19.3 Å². The number of allylic oxidation sites excluding steroid dienone is 3. The highest BCUT2D eigenvalue weighted by Gasteiger charge is 2.18. The lowest BCUT2D eigenvalue weighted by molar-refractivity contribution is 0.375. The molecule has 1 aliphatic rings. The van der Waals surface area contributed by atoms with Crippen LogP contribution in [0.4, 0.5) is 0 Å². The number of aryl methyl sites for hydroxylation is 1. The Hall–Kier alpha value is -1.88. The number of phenolic OH excluding ortho intramolecular Hbond substituents is 1.